The summed E-state index contributed by atoms with van der Waals surface area (Å²) in [5.74, 6) is 0. The second-order valence-corrected chi connectivity index (χ2v) is 4.69. The highest BCUT2D eigenvalue weighted by atomic mass is 79.9. The van der Waals surface area contributed by atoms with Crippen LogP contribution in [0, 0.1) is 0 Å². The van der Waals surface area contributed by atoms with Gasteiger partial charge in [0.1, 0.15) is 0 Å². The third-order valence-corrected chi connectivity index (χ3v) is 2.48. The largest absolute Gasteiger partial charge is 0.372 e. The van der Waals surface area contributed by atoms with E-state index < -0.39 is 15.3 Å². The van der Waals surface area contributed by atoms with Crippen LogP contribution < -0.4 is 5.73 Å². The van der Waals surface area contributed by atoms with Gasteiger partial charge >= 0.3 is 10.1 Å². The summed E-state index contributed by atoms with van der Waals surface area (Å²) in [6.45, 7) is 0. The zero-order chi connectivity index (χ0) is 10.8. The van der Waals surface area contributed by atoms with Crippen molar-refractivity contribution in [3.05, 3.63) is 28.7 Å². The number of halogens is 1. The summed E-state index contributed by atoms with van der Waals surface area (Å²) in [5, 5.41) is -0.820. The Kier molecular flexibility index (Phi) is 3.25. The van der Waals surface area contributed by atoms with E-state index in [0.29, 0.717) is 5.69 Å². The Morgan fingerprint density at radius 1 is 1.36 bits per heavy atom. The van der Waals surface area contributed by atoms with Crippen molar-refractivity contribution in [2.45, 2.75) is 0 Å². The molecular formula is C7H7BrN2O3S. The molecule has 0 aliphatic carbocycles. The van der Waals surface area contributed by atoms with Crippen LogP contribution in [-0.4, -0.2) is 18.1 Å². The van der Waals surface area contributed by atoms with Gasteiger partial charge in [-0.1, -0.05) is 15.9 Å². The summed E-state index contributed by atoms with van der Waals surface area (Å²) in [6, 6.07) is 6.47. The lowest BCUT2D eigenvalue weighted by molar-refractivity contribution is 0.497. The second-order valence-electron chi connectivity index (χ2n) is 2.40. The molecule has 0 radical (unpaired) electrons. The van der Waals surface area contributed by atoms with Gasteiger partial charge in [0, 0.05) is 4.47 Å². The molecule has 0 atom stereocenters. The van der Waals surface area contributed by atoms with Crippen molar-refractivity contribution in [2.24, 2.45) is 10.7 Å². The number of hydrogen-bond acceptors (Lipinski definition) is 3. The van der Waals surface area contributed by atoms with Gasteiger partial charge in [-0.15, -0.1) is 0 Å². The molecule has 1 aromatic carbocycles. The molecule has 0 fully saturated rings. The highest BCUT2D eigenvalue weighted by Crippen LogP contribution is 2.16. The molecule has 0 saturated carbocycles. The first-order valence-corrected chi connectivity index (χ1v) is 5.70. The van der Waals surface area contributed by atoms with Gasteiger partial charge in [0.05, 0.1) is 5.69 Å². The minimum atomic E-state index is -4.40. The Morgan fingerprint density at radius 2 is 1.86 bits per heavy atom. The number of benzene rings is 1. The average Bonchev–Trinajstić information content (AvgIpc) is 2.07. The van der Waals surface area contributed by atoms with Crippen LogP contribution in [0.25, 0.3) is 0 Å². The van der Waals surface area contributed by atoms with Gasteiger partial charge in [-0.25, -0.2) is 4.99 Å². The van der Waals surface area contributed by atoms with Gasteiger partial charge in [0.2, 0.25) is 5.17 Å². The maximum absolute atomic E-state index is 10.5. The monoisotopic (exact) mass is 278 g/mol. The molecular weight excluding hydrogens is 272 g/mol. The zero-order valence-electron chi connectivity index (χ0n) is 6.88. The summed E-state index contributed by atoms with van der Waals surface area (Å²) < 4.78 is 30.3. The van der Waals surface area contributed by atoms with E-state index in [4.69, 9.17) is 10.3 Å². The minimum absolute atomic E-state index is 0.350. The topological polar surface area (TPSA) is 92.8 Å². The normalized spacial score (nSPS) is 12.9. The van der Waals surface area contributed by atoms with E-state index in [2.05, 4.69) is 20.9 Å². The molecule has 7 heteroatoms. The molecule has 1 rings (SSSR count). The van der Waals surface area contributed by atoms with E-state index in [1.807, 2.05) is 0 Å². The van der Waals surface area contributed by atoms with Crippen molar-refractivity contribution in [2.75, 3.05) is 0 Å². The smallest absolute Gasteiger partial charge is 0.328 e. The van der Waals surface area contributed by atoms with Crippen LogP contribution in [0.15, 0.2) is 33.7 Å². The van der Waals surface area contributed by atoms with Gasteiger partial charge in [0.15, 0.2) is 0 Å². The van der Waals surface area contributed by atoms with Gasteiger partial charge in [-0.2, -0.15) is 8.42 Å². The Morgan fingerprint density at radius 3 is 2.29 bits per heavy atom. The van der Waals surface area contributed by atoms with Crippen LogP contribution in [0.2, 0.25) is 0 Å². The van der Waals surface area contributed by atoms with E-state index in [1.54, 1.807) is 24.3 Å². The molecule has 0 aliphatic heterocycles. The van der Waals surface area contributed by atoms with Crippen LogP contribution in [0.5, 0.6) is 0 Å². The predicted octanol–water partition coefficient (Wildman–Crippen LogP) is 1.28. The molecule has 0 bridgehead atoms. The fraction of sp³-hybridized carbons (Fsp3) is 0. The number of nitrogens with two attached hydrogens (primary N) is 1. The number of nitrogens with zero attached hydrogens (tertiary/aromatic N) is 1. The van der Waals surface area contributed by atoms with Crippen LogP contribution in [0.1, 0.15) is 0 Å². The van der Waals surface area contributed by atoms with Crippen molar-refractivity contribution < 1.29 is 13.0 Å². The Bertz CT molecular complexity index is 452. The van der Waals surface area contributed by atoms with Crippen LogP contribution >= 0.6 is 15.9 Å². The molecule has 0 heterocycles. The molecule has 0 aromatic heterocycles. The molecule has 3 N–H and O–H groups in total. The number of rotatable bonds is 1. The van der Waals surface area contributed by atoms with Gasteiger partial charge in [-0.05, 0) is 24.3 Å². The van der Waals surface area contributed by atoms with Crippen molar-refractivity contribution in [1.29, 1.82) is 0 Å². The third kappa shape index (κ3) is 3.09. The van der Waals surface area contributed by atoms with Crippen molar-refractivity contribution >= 4 is 36.9 Å². The molecule has 0 amide bonds. The number of hydrogen-bond donors (Lipinski definition) is 2. The number of amidine groups is 1. The molecule has 0 aliphatic rings. The first kappa shape index (κ1) is 11.2. The van der Waals surface area contributed by atoms with Crippen LogP contribution in [0.3, 0.4) is 0 Å². The Hall–Kier alpha value is -0.920. The summed E-state index contributed by atoms with van der Waals surface area (Å²) >= 11 is 3.20. The predicted molar refractivity (Wildman–Crippen MR) is 57.0 cm³/mol. The van der Waals surface area contributed by atoms with Gasteiger partial charge in [0.25, 0.3) is 0 Å². The first-order valence-electron chi connectivity index (χ1n) is 3.47. The van der Waals surface area contributed by atoms with Crippen LogP contribution in [0.4, 0.5) is 5.69 Å². The lowest BCUT2D eigenvalue weighted by Gasteiger charge is -1.96. The standard InChI is InChI=1S/C7H7BrN2O3S/c8-5-1-3-6(4-2-5)10-7(9)14(11,12)13/h1-4H,(H2,9,10)(H,11,12,13). The Labute approximate surface area is 89.5 Å². The summed E-state index contributed by atoms with van der Waals surface area (Å²) in [4.78, 5) is 3.51. The van der Waals surface area contributed by atoms with E-state index in [-0.39, 0.29) is 0 Å². The molecule has 5 nitrogen and oxygen atoms in total. The first-order chi connectivity index (χ1) is 6.39. The van der Waals surface area contributed by atoms with E-state index >= 15 is 0 Å². The van der Waals surface area contributed by atoms with E-state index in [1.165, 1.54) is 0 Å². The molecule has 14 heavy (non-hydrogen) atoms. The Balaban J connectivity index is 3.05. The number of aliphatic imine (C=N–C) groups is 1. The average molecular weight is 279 g/mol. The lowest BCUT2D eigenvalue weighted by atomic mass is 10.3. The zero-order valence-corrected chi connectivity index (χ0v) is 9.29. The molecule has 0 unspecified atom stereocenters. The SMILES string of the molecule is NC(=Nc1ccc(Br)cc1)S(=O)(=O)O. The van der Waals surface area contributed by atoms with Crippen molar-refractivity contribution in [3.8, 4) is 0 Å². The maximum atomic E-state index is 10.5. The van der Waals surface area contributed by atoms with Crippen LogP contribution in [-0.2, 0) is 10.1 Å². The van der Waals surface area contributed by atoms with Crippen molar-refractivity contribution in [1.82, 2.24) is 0 Å². The summed E-state index contributed by atoms with van der Waals surface area (Å²) in [7, 11) is -4.40. The fourth-order valence-electron chi connectivity index (χ4n) is 0.701. The highest BCUT2D eigenvalue weighted by Gasteiger charge is 2.10. The molecule has 0 spiro atoms. The molecule has 76 valence electrons. The highest BCUT2D eigenvalue weighted by molar-refractivity contribution is 9.10. The quantitative estimate of drug-likeness (QED) is 0.460. The summed E-state index contributed by atoms with van der Waals surface area (Å²) in [5.41, 5.74) is 5.37. The van der Waals surface area contributed by atoms with E-state index in [0.717, 1.165) is 4.47 Å². The lowest BCUT2D eigenvalue weighted by Crippen LogP contribution is -2.22. The summed E-state index contributed by atoms with van der Waals surface area (Å²) in [6.07, 6.45) is 0. The molecule has 1 aromatic rings. The third-order valence-electron chi connectivity index (χ3n) is 1.33. The van der Waals surface area contributed by atoms with Crippen molar-refractivity contribution in [3.63, 3.8) is 0 Å². The van der Waals surface area contributed by atoms with Gasteiger partial charge in [-0.3, -0.25) is 4.55 Å². The molecule has 0 saturated heterocycles. The van der Waals surface area contributed by atoms with E-state index in [9.17, 15) is 8.42 Å². The minimum Gasteiger partial charge on any atom is -0.372 e. The van der Waals surface area contributed by atoms with Gasteiger partial charge < -0.3 is 5.73 Å². The fourth-order valence-corrected chi connectivity index (χ4v) is 1.19. The maximum Gasteiger partial charge on any atom is 0.328 e. The second kappa shape index (κ2) is 4.07.